The van der Waals surface area contributed by atoms with Crippen LogP contribution in [0.4, 0.5) is 10.1 Å². The van der Waals surface area contributed by atoms with E-state index in [4.69, 9.17) is 0 Å². The van der Waals surface area contributed by atoms with Gasteiger partial charge < -0.3 is 14.8 Å². The predicted molar refractivity (Wildman–Crippen MR) is 51.9 cm³/mol. The van der Waals surface area contributed by atoms with Crippen molar-refractivity contribution in [3.63, 3.8) is 0 Å². The second kappa shape index (κ2) is 3.92. The average molecular weight is 222 g/mol. The molecule has 0 aromatic heterocycles. The number of carboxylic acid groups (broad SMARTS) is 1. The maximum atomic E-state index is 12.9. The maximum Gasteiger partial charge on any atom is 0.227 e. The fraction of sp³-hybridized carbons (Fsp3) is 0.273. The lowest BCUT2D eigenvalue weighted by molar-refractivity contribution is -0.310. The van der Waals surface area contributed by atoms with Crippen LogP contribution in [-0.4, -0.2) is 18.4 Å². The van der Waals surface area contributed by atoms with Crippen LogP contribution in [0, 0.1) is 11.7 Å². The summed E-state index contributed by atoms with van der Waals surface area (Å²) in [6, 6.07) is 5.51. The van der Waals surface area contributed by atoms with Gasteiger partial charge in [0.25, 0.3) is 0 Å². The third kappa shape index (κ3) is 1.88. The van der Waals surface area contributed by atoms with Crippen molar-refractivity contribution in [2.45, 2.75) is 6.42 Å². The zero-order valence-electron chi connectivity index (χ0n) is 8.35. The number of carbonyl (C=O) groups excluding carboxylic acids is 2. The summed E-state index contributed by atoms with van der Waals surface area (Å²) in [6.45, 7) is 0.0463. The van der Waals surface area contributed by atoms with Crippen LogP contribution in [0.2, 0.25) is 0 Å². The highest BCUT2D eigenvalue weighted by Gasteiger charge is 2.31. The summed E-state index contributed by atoms with van der Waals surface area (Å²) < 4.78 is 12.9. The minimum atomic E-state index is -1.24. The topological polar surface area (TPSA) is 60.4 Å². The van der Waals surface area contributed by atoms with E-state index < -0.39 is 17.7 Å². The van der Waals surface area contributed by atoms with E-state index in [1.807, 2.05) is 0 Å². The molecule has 1 saturated heterocycles. The highest BCUT2D eigenvalue weighted by molar-refractivity contribution is 5.98. The van der Waals surface area contributed by atoms with E-state index in [-0.39, 0.29) is 18.9 Å². The molecule has 0 aliphatic carbocycles. The van der Waals surface area contributed by atoms with Crippen LogP contribution in [0.1, 0.15) is 6.42 Å². The molecule has 0 spiro atoms. The Balaban J connectivity index is 2.23. The van der Waals surface area contributed by atoms with Gasteiger partial charge in [-0.05, 0) is 18.2 Å². The normalized spacial score (nSPS) is 20.2. The van der Waals surface area contributed by atoms with E-state index in [0.29, 0.717) is 5.69 Å². The standard InChI is InChI=1S/C11H10FNO3/c12-8-2-1-3-9(5-8)13-6-7(11(15)16)4-10(13)14/h1-3,5,7H,4,6H2,(H,15,16)/p-1/t7-/m0/s1. The van der Waals surface area contributed by atoms with Crippen molar-refractivity contribution in [1.82, 2.24) is 0 Å². The molecular weight excluding hydrogens is 213 g/mol. The van der Waals surface area contributed by atoms with Crippen LogP contribution < -0.4 is 10.0 Å². The molecule has 1 aliphatic heterocycles. The van der Waals surface area contributed by atoms with E-state index in [1.165, 1.54) is 23.1 Å². The van der Waals surface area contributed by atoms with Crippen LogP contribution in [0.15, 0.2) is 24.3 Å². The Kier molecular flexibility index (Phi) is 2.60. The molecule has 0 unspecified atom stereocenters. The molecule has 4 nitrogen and oxygen atoms in total. The van der Waals surface area contributed by atoms with Gasteiger partial charge in [0.05, 0.1) is 0 Å². The average Bonchev–Trinajstić information content (AvgIpc) is 2.60. The summed E-state index contributed by atoms with van der Waals surface area (Å²) in [5, 5.41) is 10.6. The van der Waals surface area contributed by atoms with Gasteiger partial charge in [-0.3, -0.25) is 4.79 Å². The van der Waals surface area contributed by atoms with E-state index in [9.17, 15) is 19.1 Å². The summed E-state index contributed by atoms with van der Waals surface area (Å²) in [5.41, 5.74) is 0.383. The van der Waals surface area contributed by atoms with Crippen molar-refractivity contribution in [2.24, 2.45) is 5.92 Å². The van der Waals surface area contributed by atoms with Gasteiger partial charge in [0, 0.05) is 30.5 Å². The molecular formula is C11H9FNO3-. The van der Waals surface area contributed by atoms with E-state index in [1.54, 1.807) is 6.07 Å². The first kappa shape index (κ1) is 10.6. The molecule has 1 aromatic carbocycles. The van der Waals surface area contributed by atoms with Crippen molar-refractivity contribution in [3.05, 3.63) is 30.1 Å². The van der Waals surface area contributed by atoms with E-state index in [2.05, 4.69) is 0 Å². The van der Waals surface area contributed by atoms with Gasteiger partial charge in [0.1, 0.15) is 5.82 Å². The minimum Gasteiger partial charge on any atom is -0.550 e. The molecule has 1 aromatic rings. The third-order valence-electron chi connectivity index (χ3n) is 2.58. The van der Waals surface area contributed by atoms with Gasteiger partial charge in [0.2, 0.25) is 5.91 Å². The number of rotatable bonds is 2. The third-order valence-corrected chi connectivity index (χ3v) is 2.58. The highest BCUT2D eigenvalue weighted by atomic mass is 19.1. The highest BCUT2D eigenvalue weighted by Crippen LogP contribution is 2.25. The van der Waals surface area contributed by atoms with Gasteiger partial charge in [-0.2, -0.15) is 0 Å². The molecule has 0 bridgehead atoms. The minimum absolute atomic E-state index is 0.0463. The number of nitrogens with zero attached hydrogens (tertiary/aromatic N) is 1. The second-order valence-corrected chi connectivity index (χ2v) is 3.70. The lowest BCUT2D eigenvalue weighted by Crippen LogP contribution is -2.33. The number of hydrogen-bond donors (Lipinski definition) is 0. The van der Waals surface area contributed by atoms with E-state index in [0.717, 1.165) is 0 Å². The first-order valence-electron chi connectivity index (χ1n) is 4.84. The zero-order chi connectivity index (χ0) is 11.7. The molecule has 16 heavy (non-hydrogen) atoms. The summed E-state index contributed by atoms with van der Waals surface area (Å²) in [6.07, 6.45) is -0.0845. The van der Waals surface area contributed by atoms with Gasteiger partial charge in [-0.1, -0.05) is 6.07 Å². The van der Waals surface area contributed by atoms with Crippen molar-refractivity contribution >= 4 is 17.6 Å². The Bertz CT molecular complexity index is 447. The molecule has 5 heteroatoms. The zero-order valence-corrected chi connectivity index (χ0v) is 8.35. The second-order valence-electron chi connectivity index (χ2n) is 3.70. The number of carboxylic acids is 1. The number of anilines is 1. The van der Waals surface area contributed by atoms with Crippen LogP contribution in [-0.2, 0) is 9.59 Å². The fourth-order valence-corrected chi connectivity index (χ4v) is 1.76. The van der Waals surface area contributed by atoms with Crippen LogP contribution in [0.25, 0.3) is 0 Å². The Labute approximate surface area is 91.3 Å². The predicted octanol–water partition coefficient (Wildman–Crippen LogP) is -0.0715. The molecule has 1 fully saturated rings. The van der Waals surface area contributed by atoms with Gasteiger partial charge in [0.15, 0.2) is 0 Å². The molecule has 84 valence electrons. The van der Waals surface area contributed by atoms with Crippen LogP contribution in [0.3, 0.4) is 0 Å². The van der Waals surface area contributed by atoms with Crippen molar-refractivity contribution < 1.29 is 19.1 Å². The molecule has 2 rings (SSSR count). The molecule has 0 N–H and O–H groups in total. The van der Waals surface area contributed by atoms with E-state index >= 15 is 0 Å². The Hall–Kier alpha value is -1.91. The summed E-state index contributed by atoms with van der Waals surface area (Å²) >= 11 is 0. The number of hydrogen-bond acceptors (Lipinski definition) is 3. The Morgan fingerprint density at radius 1 is 1.50 bits per heavy atom. The molecule has 0 saturated carbocycles. The van der Waals surface area contributed by atoms with Gasteiger partial charge >= 0.3 is 0 Å². The van der Waals surface area contributed by atoms with Crippen molar-refractivity contribution in [2.75, 3.05) is 11.4 Å². The molecule has 1 heterocycles. The monoisotopic (exact) mass is 222 g/mol. The quantitative estimate of drug-likeness (QED) is 0.703. The molecule has 1 amide bonds. The lowest BCUT2D eigenvalue weighted by atomic mass is 10.1. The number of amides is 1. The fourth-order valence-electron chi connectivity index (χ4n) is 1.76. The summed E-state index contributed by atoms with van der Waals surface area (Å²) in [5.74, 6) is -2.83. The smallest absolute Gasteiger partial charge is 0.227 e. The number of benzene rings is 1. The number of carbonyl (C=O) groups is 2. The van der Waals surface area contributed by atoms with Gasteiger partial charge in [-0.25, -0.2) is 4.39 Å². The lowest BCUT2D eigenvalue weighted by Gasteiger charge is -2.17. The van der Waals surface area contributed by atoms with Crippen LogP contribution >= 0.6 is 0 Å². The largest absolute Gasteiger partial charge is 0.550 e. The molecule has 1 atom stereocenters. The SMILES string of the molecule is O=C([O-])[C@H]1CC(=O)N(c2cccc(F)c2)C1. The maximum absolute atomic E-state index is 12.9. The number of halogens is 1. The van der Waals surface area contributed by atoms with Gasteiger partial charge in [-0.15, -0.1) is 0 Å². The van der Waals surface area contributed by atoms with Crippen molar-refractivity contribution in [1.29, 1.82) is 0 Å². The Morgan fingerprint density at radius 2 is 2.25 bits per heavy atom. The molecule has 1 aliphatic rings. The summed E-state index contributed by atoms with van der Waals surface area (Å²) in [7, 11) is 0. The first-order chi connectivity index (χ1) is 7.58. The first-order valence-corrected chi connectivity index (χ1v) is 4.84. The van der Waals surface area contributed by atoms with Crippen molar-refractivity contribution in [3.8, 4) is 0 Å². The Morgan fingerprint density at radius 3 is 2.81 bits per heavy atom. The summed E-state index contributed by atoms with van der Waals surface area (Å²) in [4.78, 5) is 23.4. The molecule has 0 radical (unpaired) electrons. The number of aliphatic carboxylic acids is 1. The van der Waals surface area contributed by atoms with Crippen LogP contribution in [0.5, 0.6) is 0 Å².